The lowest BCUT2D eigenvalue weighted by atomic mass is 10.1. The molecule has 3 N–H and O–H groups in total. The van der Waals surface area contributed by atoms with Gasteiger partial charge in [-0.2, -0.15) is 0 Å². The molecule has 0 aliphatic heterocycles. The van der Waals surface area contributed by atoms with Crippen LogP contribution in [-0.2, 0) is 11.3 Å². The van der Waals surface area contributed by atoms with Gasteiger partial charge in [-0.15, -0.1) is 11.6 Å². The normalized spacial score (nSPS) is 12.2. The molecule has 1 rings (SSSR count). The van der Waals surface area contributed by atoms with Crippen LogP contribution in [0.2, 0.25) is 0 Å². The van der Waals surface area contributed by atoms with Gasteiger partial charge in [0.2, 0.25) is 5.91 Å². The third-order valence-corrected chi connectivity index (χ3v) is 2.77. The van der Waals surface area contributed by atoms with E-state index in [1.807, 2.05) is 31.2 Å². The van der Waals surface area contributed by atoms with E-state index in [1.165, 1.54) is 0 Å². The average Bonchev–Trinajstić information content (AvgIpc) is 2.34. The lowest BCUT2D eigenvalue weighted by Crippen LogP contribution is -2.22. The molecule has 0 aliphatic carbocycles. The Kier molecular flexibility index (Phi) is 6.01. The molecule has 1 unspecified atom stereocenters. The van der Waals surface area contributed by atoms with Crippen LogP contribution in [0.5, 0.6) is 0 Å². The van der Waals surface area contributed by atoms with Gasteiger partial charge < -0.3 is 11.1 Å². The van der Waals surface area contributed by atoms with Crippen LogP contribution in [0.1, 0.15) is 36.9 Å². The highest BCUT2D eigenvalue weighted by Gasteiger charge is 2.03. The van der Waals surface area contributed by atoms with Crippen molar-refractivity contribution < 1.29 is 4.79 Å². The average molecular weight is 255 g/mol. The van der Waals surface area contributed by atoms with Crippen LogP contribution in [0.15, 0.2) is 24.3 Å². The maximum Gasteiger partial charge on any atom is 0.220 e. The second-order valence-electron chi connectivity index (χ2n) is 4.10. The molecule has 0 fully saturated rings. The van der Waals surface area contributed by atoms with E-state index in [9.17, 15) is 4.79 Å². The highest BCUT2D eigenvalue weighted by molar-refractivity contribution is 6.17. The maximum absolute atomic E-state index is 11.4. The standard InChI is InChI=1S/C13H19ClN2O/c1-10(15)12-5-2-4-11(8-12)9-16-13(17)6-3-7-14/h2,4-5,8,10H,3,6-7,9,15H2,1H3,(H,16,17). The summed E-state index contributed by atoms with van der Waals surface area (Å²) in [6.07, 6.45) is 1.20. The largest absolute Gasteiger partial charge is 0.352 e. The summed E-state index contributed by atoms with van der Waals surface area (Å²) in [5.74, 6) is 0.560. The van der Waals surface area contributed by atoms with Crippen molar-refractivity contribution >= 4 is 17.5 Å². The van der Waals surface area contributed by atoms with E-state index >= 15 is 0 Å². The van der Waals surface area contributed by atoms with Crippen LogP contribution in [0.3, 0.4) is 0 Å². The molecule has 94 valence electrons. The number of benzene rings is 1. The highest BCUT2D eigenvalue weighted by Crippen LogP contribution is 2.11. The zero-order chi connectivity index (χ0) is 12.7. The second-order valence-corrected chi connectivity index (χ2v) is 4.48. The summed E-state index contributed by atoms with van der Waals surface area (Å²) in [7, 11) is 0. The first-order valence-electron chi connectivity index (χ1n) is 5.80. The number of hydrogen-bond acceptors (Lipinski definition) is 2. The minimum Gasteiger partial charge on any atom is -0.352 e. The first-order valence-corrected chi connectivity index (χ1v) is 6.34. The fourth-order valence-electron chi connectivity index (χ4n) is 1.50. The van der Waals surface area contributed by atoms with Crippen molar-refractivity contribution in [1.29, 1.82) is 0 Å². The summed E-state index contributed by atoms with van der Waals surface area (Å²) in [4.78, 5) is 11.4. The van der Waals surface area contributed by atoms with Gasteiger partial charge in [-0.05, 0) is 24.5 Å². The fourth-order valence-corrected chi connectivity index (χ4v) is 1.64. The molecule has 0 radical (unpaired) electrons. The van der Waals surface area contributed by atoms with Crippen LogP contribution < -0.4 is 11.1 Å². The minimum atomic E-state index is 0.0156. The smallest absolute Gasteiger partial charge is 0.220 e. The van der Waals surface area contributed by atoms with Crippen molar-refractivity contribution in [2.24, 2.45) is 5.73 Å². The van der Waals surface area contributed by atoms with Crippen LogP contribution >= 0.6 is 11.6 Å². The topological polar surface area (TPSA) is 55.1 Å². The van der Waals surface area contributed by atoms with Gasteiger partial charge >= 0.3 is 0 Å². The van der Waals surface area contributed by atoms with E-state index in [1.54, 1.807) is 0 Å². The minimum absolute atomic E-state index is 0.0156. The van der Waals surface area contributed by atoms with Crippen LogP contribution in [0, 0.1) is 0 Å². The number of carbonyl (C=O) groups is 1. The molecule has 3 nitrogen and oxygen atoms in total. The van der Waals surface area contributed by atoms with Gasteiger partial charge in [-0.25, -0.2) is 0 Å². The number of carbonyl (C=O) groups excluding carboxylic acids is 1. The Hall–Kier alpha value is -1.06. The predicted molar refractivity (Wildman–Crippen MR) is 70.8 cm³/mol. The van der Waals surface area contributed by atoms with Crippen molar-refractivity contribution in [3.63, 3.8) is 0 Å². The number of amides is 1. The van der Waals surface area contributed by atoms with Crippen molar-refractivity contribution in [2.45, 2.75) is 32.4 Å². The van der Waals surface area contributed by atoms with Gasteiger partial charge in [0.15, 0.2) is 0 Å². The molecule has 0 aliphatic rings. The molecular weight excluding hydrogens is 236 g/mol. The molecule has 0 saturated heterocycles. The van der Waals surface area contributed by atoms with Gasteiger partial charge in [-0.3, -0.25) is 4.79 Å². The third kappa shape index (κ3) is 5.20. The zero-order valence-electron chi connectivity index (χ0n) is 10.1. The fraction of sp³-hybridized carbons (Fsp3) is 0.462. The predicted octanol–water partition coefficient (Wildman–Crippen LogP) is 2.34. The zero-order valence-corrected chi connectivity index (χ0v) is 10.8. The first kappa shape index (κ1) is 14.0. The molecule has 0 heterocycles. The maximum atomic E-state index is 11.4. The molecule has 17 heavy (non-hydrogen) atoms. The highest BCUT2D eigenvalue weighted by atomic mass is 35.5. The van der Waals surface area contributed by atoms with E-state index < -0.39 is 0 Å². The molecule has 1 aromatic rings. The Morgan fingerprint density at radius 1 is 1.53 bits per heavy atom. The Labute approximate surface area is 107 Å². The van der Waals surface area contributed by atoms with E-state index in [-0.39, 0.29) is 11.9 Å². The Balaban J connectivity index is 2.46. The number of nitrogens with two attached hydrogens (primary N) is 1. The quantitative estimate of drug-likeness (QED) is 0.766. The molecule has 0 bridgehead atoms. The number of alkyl halides is 1. The lowest BCUT2D eigenvalue weighted by molar-refractivity contribution is -0.121. The van der Waals surface area contributed by atoms with Crippen molar-refractivity contribution in [1.82, 2.24) is 5.32 Å². The molecule has 1 amide bonds. The summed E-state index contributed by atoms with van der Waals surface area (Å²) in [5.41, 5.74) is 7.95. The lowest BCUT2D eigenvalue weighted by Gasteiger charge is -2.09. The van der Waals surface area contributed by atoms with Crippen molar-refractivity contribution in [2.75, 3.05) is 5.88 Å². The second kappa shape index (κ2) is 7.30. The monoisotopic (exact) mass is 254 g/mol. The van der Waals surface area contributed by atoms with E-state index in [4.69, 9.17) is 17.3 Å². The van der Waals surface area contributed by atoms with Gasteiger partial charge in [0.25, 0.3) is 0 Å². The van der Waals surface area contributed by atoms with Crippen LogP contribution in [0.4, 0.5) is 0 Å². The SMILES string of the molecule is CC(N)c1cccc(CNC(=O)CCCCl)c1. The van der Waals surface area contributed by atoms with Gasteiger partial charge in [0, 0.05) is 24.9 Å². The van der Waals surface area contributed by atoms with Crippen molar-refractivity contribution in [3.05, 3.63) is 35.4 Å². The van der Waals surface area contributed by atoms with Gasteiger partial charge in [0.05, 0.1) is 0 Å². The number of halogens is 1. The molecule has 4 heteroatoms. The molecular formula is C13H19ClN2O. The Morgan fingerprint density at radius 3 is 2.94 bits per heavy atom. The number of rotatable bonds is 6. The first-order chi connectivity index (χ1) is 8.13. The van der Waals surface area contributed by atoms with Crippen LogP contribution in [-0.4, -0.2) is 11.8 Å². The van der Waals surface area contributed by atoms with Crippen LogP contribution in [0.25, 0.3) is 0 Å². The third-order valence-electron chi connectivity index (χ3n) is 2.50. The summed E-state index contributed by atoms with van der Waals surface area (Å²) < 4.78 is 0. The molecule has 0 aromatic heterocycles. The molecule has 0 saturated carbocycles. The number of hydrogen-bond donors (Lipinski definition) is 2. The van der Waals surface area contributed by atoms with E-state index in [2.05, 4.69) is 5.32 Å². The molecule has 0 spiro atoms. The van der Waals surface area contributed by atoms with Gasteiger partial charge in [-0.1, -0.05) is 24.3 Å². The molecule has 1 atom stereocenters. The summed E-state index contributed by atoms with van der Waals surface area (Å²) in [5, 5.41) is 2.86. The van der Waals surface area contributed by atoms with Crippen molar-refractivity contribution in [3.8, 4) is 0 Å². The Morgan fingerprint density at radius 2 is 2.29 bits per heavy atom. The van der Waals surface area contributed by atoms with E-state index in [0.29, 0.717) is 25.3 Å². The van der Waals surface area contributed by atoms with E-state index in [0.717, 1.165) is 11.1 Å². The summed E-state index contributed by atoms with van der Waals surface area (Å²) in [6.45, 7) is 2.49. The Bertz CT molecular complexity index is 366. The number of nitrogens with one attached hydrogen (secondary N) is 1. The molecule has 1 aromatic carbocycles. The van der Waals surface area contributed by atoms with Gasteiger partial charge in [0.1, 0.15) is 0 Å². The summed E-state index contributed by atoms with van der Waals surface area (Å²) >= 11 is 5.52. The summed E-state index contributed by atoms with van der Waals surface area (Å²) in [6, 6.07) is 7.96.